The highest BCUT2D eigenvalue weighted by Crippen LogP contribution is 2.36. The number of hydrogen-bond donors (Lipinski definition) is 1. The molecule has 0 aromatic heterocycles. The van der Waals surface area contributed by atoms with Crippen molar-refractivity contribution in [1.82, 2.24) is 10.2 Å². The molecule has 1 N–H and O–H groups in total. The van der Waals surface area contributed by atoms with E-state index in [2.05, 4.69) is 11.9 Å². The molecule has 0 spiro atoms. The maximum absolute atomic E-state index is 13.2. The zero-order chi connectivity index (χ0) is 21.3. The zero-order valence-electron chi connectivity index (χ0n) is 16.0. The number of nitrogens with one attached hydrogen (secondary N) is 1. The Morgan fingerprint density at radius 3 is 2.23 bits per heavy atom. The molecule has 0 aliphatic carbocycles. The number of nitrogens with zero attached hydrogens (tertiary/aromatic N) is 1. The van der Waals surface area contributed by atoms with Crippen LogP contribution in [0.5, 0.6) is 0 Å². The molecule has 0 radical (unpaired) electrons. The highest BCUT2D eigenvalue weighted by molar-refractivity contribution is 7.86. The predicted octanol–water partition coefficient (Wildman–Crippen LogP) is 1.29. The summed E-state index contributed by atoms with van der Waals surface area (Å²) in [6, 6.07) is 16.6. The number of carbonyl (C=O) groups excluding carboxylic acids is 3. The van der Waals surface area contributed by atoms with E-state index in [4.69, 9.17) is 4.74 Å². The van der Waals surface area contributed by atoms with Gasteiger partial charge in [0.1, 0.15) is 11.4 Å². The number of hydrogen-bond acceptors (Lipinski definition) is 5. The second-order valence-corrected chi connectivity index (χ2v) is 8.66. The molecule has 2 fully saturated rings. The third kappa shape index (κ3) is 3.43. The minimum atomic E-state index is -1.46. The SMILES string of the molecule is C=C1CS(=O)C2C(NC=O)C(=O)N2C1C(=O)OC(c1ccccc1)c1ccccc1. The molecule has 0 saturated carbocycles. The van der Waals surface area contributed by atoms with Crippen LogP contribution in [-0.2, 0) is 29.9 Å². The van der Waals surface area contributed by atoms with E-state index in [1.807, 2.05) is 60.7 Å². The Morgan fingerprint density at radius 2 is 1.70 bits per heavy atom. The van der Waals surface area contributed by atoms with Gasteiger partial charge in [-0.2, -0.15) is 0 Å². The normalized spacial score (nSPS) is 25.3. The Labute approximate surface area is 176 Å². The number of β-lactam (4-membered cyclic amide) rings is 1. The lowest BCUT2D eigenvalue weighted by Crippen LogP contribution is -2.77. The summed E-state index contributed by atoms with van der Waals surface area (Å²) in [5.41, 5.74) is 1.93. The lowest BCUT2D eigenvalue weighted by molar-refractivity contribution is -0.165. The Hall–Kier alpha value is -3.26. The molecule has 2 aliphatic heterocycles. The van der Waals surface area contributed by atoms with Gasteiger partial charge in [0.2, 0.25) is 12.3 Å². The van der Waals surface area contributed by atoms with E-state index in [1.165, 1.54) is 4.90 Å². The number of esters is 1. The summed E-state index contributed by atoms with van der Waals surface area (Å²) in [6.45, 7) is 3.87. The Kier molecular flexibility index (Phi) is 5.50. The van der Waals surface area contributed by atoms with Crippen LogP contribution in [0.4, 0.5) is 0 Å². The molecule has 30 heavy (non-hydrogen) atoms. The third-order valence-corrected chi connectivity index (χ3v) is 6.94. The minimum absolute atomic E-state index is 0.0621. The third-order valence-electron chi connectivity index (χ3n) is 5.25. The van der Waals surface area contributed by atoms with Crippen molar-refractivity contribution < 1.29 is 23.3 Å². The summed E-state index contributed by atoms with van der Waals surface area (Å²) in [7, 11) is -1.46. The number of ether oxygens (including phenoxy) is 1. The van der Waals surface area contributed by atoms with E-state index >= 15 is 0 Å². The van der Waals surface area contributed by atoms with Crippen molar-refractivity contribution in [2.24, 2.45) is 0 Å². The van der Waals surface area contributed by atoms with Gasteiger partial charge in [-0.3, -0.25) is 13.8 Å². The molecule has 2 amide bonds. The van der Waals surface area contributed by atoms with Gasteiger partial charge in [0.25, 0.3) is 0 Å². The summed E-state index contributed by atoms with van der Waals surface area (Å²) < 4.78 is 18.4. The summed E-state index contributed by atoms with van der Waals surface area (Å²) in [5, 5.41) is 1.62. The fraction of sp³-hybridized carbons (Fsp3) is 0.227. The Balaban J connectivity index is 1.62. The van der Waals surface area contributed by atoms with Crippen LogP contribution < -0.4 is 5.32 Å². The number of benzene rings is 2. The molecule has 8 heteroatoms. The van der Waals surface area contributed by atoms with Crippen LogP contribution in [0.3, 0.4) is 0 Å². The summed E-state index contributed by atoms with van der Waals surface area (Å²) >= 11 is 0. The van der Waals surface area contributed by atoms with Gasteiger partial charge in [0, 0.05) is 5.75 Å². The maximum Gasteiger partial charge on any atom is 0.334 e. The van der Waals surface area contributed by atoms with Crippen LogP contribution in [-0.4, -0.2) is 50.6 Å². The van der Waals surface area contributed by atoms with Crippen LogP contribution >= 0.6 is 0 Å². The first-order chi connectivity index (χ1) is 14.5. The van der Waals surface area contributed by atoms with E-state index in [-0.39, 0.29) is 5.75 Å². The van der Waals surface area contributed by atoms with Crippen molar-refractivity contribution in [2.75, 3.05) is 5.75 Å². The molecule has 2 aliphatic rings. The van der Waals surface area contributed by atoms with Crippen LogP contribution in [0.2, 0.25) is 0 Å². The number of amides is 2. The van der Waals surface area contributed by atoms with Gasteiger partial charge in [-0.15, -0.1) is 0 Å². The van der Waals surface area contributed by atoms with Crippen LogP contribution in [0.15, 0.2) is 72.8 Å². The highest BCUT2D eigenvalue weighted by Gasteiger charge is 2.59. The first-order valence-corrected chi connectivity index (χ1v) is 10.8. The molecule has 4 atom stereocenters. The molecular formula is C22H20N2O5S. The Bertz CT molecular complexity index is 971. The summed E-state index contributed by atoms with van der Waals surface area (Å²) in [6.07, 6.45) is -0.270. The fourth-order valence-corrected chi connectivity index (χ4v) is 5.53. The van der Waals surface area contributed by atoms with Crippen LogP contribution in [0.1, 0.15) is 17.2 Å². The standard InChI is InChI=1S/C22H20N2O5S/c1-14-12-30(28)21-17(23-13-25)20(26)24(21)18(14)22(27)29-19(15-8-4-2-5-9-15)16-10-6-3-7-11-16/h2-11,13,17-19,21H,1,12H2,(H,23,25). The molecule has 4 unspecified atom stereocenters. The van der Waals surface area contributed by atoms with Gasteiger partial charge >= 0.3 is 5.97 Å². The highest BCUT2D eigenvalue weighted by atomic mass is 32.2. The molecule has 4 rings (SSSR count). The number of carbonyl (C=O) groups is 3. The van der Waals surface area contributed by atoms with Crippen molar-refractivity contribution in [1.29, 1.82) is 0 Å². The van der Waals surface area contributed by atoms with Crippen LogP contribution in [0, 0.1) is 0 Å². The van der Waals surface area contributed by atoms with Crippen molar-refractivity contribution in [2.45, 2.75) is 23.6 Å². The molecule has 7 nitrogen and oxygen atoms in total. The largest absolute Gasteiger partial charge is 0.451 e. The maximum atomic E-state index is 13.2. The van der Waals surface area contributed by atoms with E-state index in [0.717, 1.165) is 11.1 Å². The summed E-state index contributed by atoms with van der Waals surface area (Å²) in [5.74, 6) is -1.05. The fourth-order valence-electron chi connectivity index (χ4n) is 3.85. The minimum Gasteiger partial charge on any atom is -0.451 e. The van der Waals surface area contributed by atoms with Gasteiger partial charge in [-0.1, -0.05) is 67.2 Å². The van der Waals surface area contributed by atoms with Gasteiger partial charge in [-0.05, 0) is 16.7 Å². The average Bonchev–Trinajstić information content (AvgIpc) is 2.76. The lowest BCUT2D eigenvalue weighted by Gasteiger charge is -2.52. The van der Waals surface area contributed by atoms with E-state index in [9.17, 15) is 18.6 Å². The Morgan fingerprint density at radius 1 is 1.13 bits per heavy atom. The van der Waals surface area contributed by atoms with Crippen molar-refractivity contribution in [3.63, 3.8) is 0 Å². The predicted molar refractivity (Wildman–Crippen MR) is 110 cm³/mol. The van der Waals surface area contributed by atoms with Crippen molar-refractivity contribution >= 4 is 29.1 Å². The molecule has 2 saturated heterocycles. The van der Waals surface area contributed by atoms with Crippen LogP contribution in [0.25, 0.3) is 0 Å². The second-order valence-electron chi connectivity index (χ2n) is 7.12. The quantitative estimate of drug-likeness (QED) is 0.327. The molecule has 2 aromatic carbocycles. The average molecular weight is 424 g/mol. The number of fused-ring (bicyclic) bond motifs is 1. The smallest absolute Gasteiger partial charge is 0.334 e. The second kappa shape index (κ2) is 8.23. The first-order valence-electron chi connectivity index (χ1n) is 9.40. The number of rotatable bonds is 6. The van der Waals surface area contributed by atoms with E-state index < -0.39 is 46.2 Å². The zero-order valence-corrected chi connectivity index (χ0v) is 16.8. The van der Waals surface area contributed by atoms with Gasteiger partial charge < -0.3 is 15.0 Å². The van der Waals surface area contributed by atoms with Gasteiger partial charge in [0.15, 0.2) is 12.1 Å². The first kappa shape index (κ1) is 20.0. The van der Waals surface area contributed by atoms with Crippen molar-refractivity contribution in [3.8, 4) is 0 Å². The van der Waals surface area contributed by atoms with Crippen molar-refractivity contribution in [3.05, 3.63) is 83.9 Å². The van der Waals surface area contributed by atoms with Gasteiger partial charge in [0.05, 0.1) is 10.8 Å². The lowest BCUT2D eigenvalue weighted by atomic mass is 9.98. The molecule has 2 heterocycles. The monoisotopic (exact) mass is 424 g/mol. The molecular weight excluding hydrogens is 404 g/mol. The topological polar surface area (TPSA) is 92.8 Å². The molecule has 2 aromatic rings. The molecule has 154 valence electrons. The van der Waals surface area contributed by atoms with Gasteiger partial charge in [-0.25, -0.2) is 4.79 Å². The summed E-state index contributed by atoms with van der Waals surface area (Å²) in [4.78, 5) is 37.7. The van der Waals surface area contributed by atoms with E-state index in [0.29, 0.717) is 12.0 Å². The van der Waals surface area contributed by atoms with E-state index in [1.54, 1.807) is 0 Å². The molecule has 0 bridgehead atoms.